The van der Waals surface area contributed by atoms with E-state index < -0.39 is 0 Å². The molecule has 1 aromatic rings. The van der Waals surface area contributed by atoms with Crippen LogP contribution in [-0.2, 0) is 22.1 Å². The zero-order chi connectivity index (χ0) is 18.9. The molecule has 3 nitrogen and oxygen atoms in total. The number of hydrogen-bond donors (Lipinski definition) is 1. The highest BCUT2D eigenvalue weighted by molar-refractivity contribution is 5.59. The molecule has 1 aromatic carbocycles. The molecule has 0 saturated heterocycles. The predicted octanol–water partition coefficient (Wildman–Crippen LogP) is 4.97. The summed E-state index contributed by atoms with van der Waals surface area (Å²) in [5, 5.41) is 10.8. The van der Waals surface area contributed by atoms with Crippen molar-refractivity contribution >= 4 is 6.21 Å². The highest BCUT2D eigenvalue weighted by Gasteiger charge is 2.28. The van der Waals surface area contributed by atoms with E-state index in [2.05, 4.69) is 80.7 Å². The summed E-state index contributed by atoms with van der Waals surface area (Å²) < 4.78 is 1.88. The molecule has 1 rings (SSSR count). The van der Waals surface area contributed by atoms with E-state index in [1.807, 2.05) is 4.74 Å². The van der Waals surface area contributed by atoms with Crippen molar-refractivity contribution in [2.45, 2.75) is 85.1 Å². The Morgan fingerprint density at radius 1 is 0.917 bits per heavy atom. The number of nitrogens with zero attached hydrogens (tertiary/aromatic N) is 1. The van der Waals surface area contributed by atoms with Crippen LogP contribution >= 0.6 is 0 Å². The van der Waals surface area contributed by atoms with E-state index in [0.717, 1.165) is 17.5 Å². The molecule has 0 fully saturated rings. The van der Waals surface area contributed by atoms with Crippen molar-refractivity contribution in [3.63, 3.8) is 0 Å². The van der Waals surface area contributed by atoms with Crippen molar-refractivity contribution in [1.29, 1.82) is 0 Å². The molecular weight excluding hydrogens is 298 g/mol. The Labute approximate surface area is 148 Å². The second kappa shape index (κ2) is 6.78. The number of rotatable bonds is 3. The molecule has 3 heteroatoms. The second-order valence-corrected chi connectivity index (χ2v) is 9.61. The van der Waals surface area contributed by atoms with Crippen LogP contribution < -0.4 is 0 Å². The van der Waals surface area contributed by atoms with Gasteiger partial charge in [-0.25, -0.2) is 0 Å². The van der Waals surface area contributed by atoms with Crippen LogP contribution in [0.15, 0.2) is 12.1 Å². The average Bonchev–Trinajstić information content (AvgIpc) is 2.36. The first kappa shape index (κ1) is 20.5. The Kier molecular flexibility index (Phi) is 5.80. The van der Waals surface area contributed by atoms with Crippen LogP contribution in [0, 0.1) is 0 Å². The molecule has 0 atom stereocenters. The average molecular weight is 335 g/mol. The predicted molar refractivity (Wildman–Crippen MR) is 102 cm³/mol. The Morgan fingerprint density at radius 3 is 1.62 bits per heavy atom. The third kappa shape index (κ3) is 4.99. The van der Waals surface area contributed by atoms with Gasteiger partial charge >= 0.3 is 0 Å². The highest BCUT2D eigenvalue weighted by Crippen LogP contribution is 2.39. The maximum Gasteiger partial charge on any atom is 0.203 e. The number of benzene rings is 1. The summed E-state index contributed by atoms with van der Waals surface area (Å²) in [5.74, 6) is 0.429. The van der Waals surface area contributed by atoms with Crippen molar-refractivity contribution in [2.75, 3.05) is 7.11 Å². The van der Waals surface area contributed by atoms with Gasteiger partial charge in [0.15, 0.2) is 6.21 Å². The third-order valence-corrected chi connectivity index (χ3v) is 4.14. The van der Waals surface area contributed by atoms with Crippen LogP contribution in [0.1, 0.15) is 79.0 Å². The molecule has 0 aromatic heterocycles. The van der Waals surface area contributed by atoms with Gasteiger partial charge in [-0.2, -0.15) is 0 Å². The molecular formula is C21H36NO2+. The van der Waals surface area contributed by atoms with Gasteiger partial charge in [0.1, 0.15) is 12.9 Å². The van der Waals surface area contributed by atoms with Gasteiger partial charge in [-0.05, 0) is 32.3 Å². The molecule has 0 bridgehead atoms. The van der Waals surface area contributed by atoms with Crippen LogP contribution in [0.4, 0.5) is 0 Å². The zero-order valence-electron chi connectivity index (χ0n) is 17.2. The van der Waals surface area contributed by atoms with Gasteiger partial charge in [0.05, 0.1) is 6.42 Å². The molecule has 0 amide bonds. The first-order valence-corrected chi connectivity index (χ1v) is 8.71. The molecule has 0 aliphatic carbocycles. The lowest BCUT2D eigenvalue weighted by Gasteiger charge is -2.28. The summed E-state index contributed by atoms with van der Waals surface area (Å²) in [4.78, 5) is 5.48. The van der Waals surface area contributed by atoms with Gasteiger partial charge in [-0.3, -0.25) is 4.84 Å². The quantitative estimate of drug-likeness (QED) is 0.481. The Morgan fingerprint density at radius 2 is 1.33 bits per heavy atom. The highest BCUT2D eigenvalue weighted by atomic mass is 16.7. The largest absolute Gasteiger partial charge is 0.507 e. The van der Waals surface area contributed by atoms with Crippen molar-refractivity contribution in [3.8, 4) is 5.75 Å². The first-order valence-electron chi connectivity index (χ1n) is 8.71. The van der Waals surface area contributed by atoms with Gasteiger partial charge in [0, 0.05) is 20.8 Å². The summed E-state index contributed by atoms with van der Waals surface area (Å²) in [6.45, 7) is 19.2. The SMILES string of the molecule is CO/[N+](=C\Cc1cc(C(C)(C)C)c(O)c(C(C)(C)C)c1)C(C)(C)C. The van der Waals surface area contributed by atoms with Gasteiger partial charge in [-0.1, -0.05) is 53.7 Å². The lowest BCUT2D eigenvalue weighted by molar-refractivity contribution is -0.821. The molecule has 0 saturated carbocycles. The molecule has 0 aliphatic heterocycles. The van der Waals surface area contributed by atoms with E-state index in [1.54, 1.807) is 7.11 Å². The fourth-order valence-electron chi connectivity index (χ4n) is 2.77. The number of phenols is 1. The zero-order valence-corrected chi connectivity index (χ0v) is 17.2. The van der Waals surface area contributed by atoms with Crippen LogP contribution in [0.5, 0.6) is 5.75 Å². The summed E-state index contributed by atoms with van der Waals surface area (Å²) in [5.41, 5.74) is 2.88. The van der Waals surface area contributed by atoms with E-state index in [1.165, 1.54) is 5.56 Å². The van der Waals surface area contributed by atoms with Gasteiger partial charge in [0.2, 0.25) is 5.54 Å². The minimum atomic E-state index is -0.106. The lowest BCUT2D eigenvalue weighted by atomic mass is 9.78. The number of hydroxylamine groups is 1. The van der Waals surface area contributed by atoms with Crippen LogP contribution in [0.3, 0.4) is 0 Å². The lowest BCUT2D eigenvalue weighted by Crippen LogP contribution is -2.33. The van der Waals surface area contributed by atoms with E-state index in [-0.39, 0.29) is 16.4 Å². The molecule has 1 N–H and O–H groups in total. The van der Waals surface area contributed by atoms with E-state index >= 15 is 0 Å². The second-order valence-electron chi connectivity index (χ2n) is 9.61. The number of hydrogen-bond acceptors (Lipinski definition) is 2. The fraction of sp³-hybridized carbons (Fsp3) is 0.667. The number of aromatic hydroxyl groups is 1. The van der Waals surface area contributed by atoms with Crippen LogP contribution in [0.2, 0.25) is 0 Å². The standard InChI is InChI=1S/C21H35NO2/c1-19(2,3)16-13-15(11-12-22(24-10)21(7,8)9)14-17(18(16)23)20(4,5)6/h12-14H,11H2,1-10H3/p+1/b22-12-. The molecule has 0 aliphatic rings. The van der Waals surface area contributed by atoms with E-state index in [0.29, 0.717) is 5.75 Å². The van der Waals surface area contributed by atoms with Gasteiger partial charge in [0.25, 0.3) is 0 Å². The monoisotopic (exact) mass is 334 g/mol. The van der Waals surface area contributed by atoms with Crippen molar-refractivity contribution in [3.05, 3.63) is 28.8 Å². The fourth-order valence-corrected chi connectivity index (χ4v) is 2.77. The smallest absolute Gasteiger partial charge is 0.203 e. The van der Waals surface area contributed by atoms with Crippen LogP contribution in [0.25, 0.3) is 0 Å². The minimum absolute atomic E-state index is 0.0919. The summed E-state index contributed by atoms with van der Waals surface area (Å²) in [6.07, 6.45) is 2.84. The maximum absolute atomic E-state index is 10.8. The molecule has 0 unspecified atom stereocenters. The van der Waals surface area contributed by atoms with E-state index in [9.17, 15) is 5.11 Å². The number of phenolic OH excluding ortho intramolecular Hbond substituents is 1. The topological polar surface area (TPSA) is 32.5 Å². The molecule has 24 heavy (non-hydrogen) atoms. The molecule has 136 valence electrons. The van der Waals surface area contributed by atoms with Crippen LogP contribution in [-0.4, -0.2) is 28.7 Å². The van der Waals surface area contributed by atoms with Gasteiger partial charge in [-0.15, -0.1) is 0 Å². The van der Waals surface area contributed by atoms with E-state index in [4.69, 9.17) is 4.84 Å². The first-order chi connectivity index (χ1) is 10.7. The Bertz CT molecular complexity index is 573. The summed E-state index contributed by atoms with van der Waals surface area (Å²) in [7, 11) is 1.69. The van der Waals surface area contributed by atoms with Crippen molar-refractivity contribution in [1.82, 2.24) is 0 Å². The Hall–Kier alpha value is -1.51. The summed E-state index contributed by atoms with van der Waals surface area (Å²) in [6, 6.07) is 4.25. The van der Waals surface area contributed by atoms with Gasteiger partial charge < -0.3 is 5.11 Å². The van der Waals surface area contributed by atoms with Crippen molar-refractivity contribution < 1.29 is 14.7 Å². The molecule has 0 heterocycles. The maximum atomic E-state index is 10.8. The minimum Gasteiger partial charge on any atom is -0.507 e. The molecule has 0 radical (unpaired) electrons. The summed E-state index contributed by atoms with van der Waals surface area (Å²) >= 11 is 0. The molecule has 0 spiro atoms. The van der Waals surface area contributed by atoms with Crippen molar-refractivity contribution in [2.24, 2.45) is 0 Å². The Balaban J connectivity index is 3.43. The normalized spacial score (nSPS) is 14.0. The third-order valence-electron chi connectivity index (χ3n) is 4.14.